The van der Waals surface area contributed by atoms with Gasteiger partial charge in [-0.25, -0.2) is 0 Å². The Hall–Kier alpha value is -1.28. The fourth-order valence-electron chi connectivity index (χ4n) is 5.27. The summed E-state index contributed by atoms with van der Waals surface area (Å²) >= 11 is 17.3. The zero-order valence-corrected chi connectivity index (χ0v) is 22.8. The molecule has 5 nitrogen and oxygen atoms in total. The molecule has 2 fully saturated rings. The summed E-state index contributed by atoms with van der Waals surface area (Å²) in [6.45, 7) is 5.99. The average Bonchev–Trinajstić information content (AvgIpc) is 2.89. The number of hydrogen-bond acceptors (Lipinski definition) is 5. The summed E-state index contributed by atoms with van der Waals surface area (Å²) in [5.41, 5.74) is 2.01. The minimum absolute atomic E-state index is 0.0351. The number of halogens is 2. The Labute approximate surface area is 225 Å². The number of thiol groups is 1. The summed E-state index contributed by atoms with van der Waals surface area (Å²) in [5.74, 6) is 0.209. The van der Waals surface area contributed by atoms with Gasteiger partial charge in [0.2, 0.25) is 0 Å². The molecule has 0 bridgehead atoms. The number of benzene rings is 2. The van der Waals surface area contributed by atoms with Gasteiger partial charge in [0.1, 0.15) is 5.50 Å². The fraction of sp³-hybridized carbons (Fsp3) is 0.519. The van der Waals surface area contributed by atoms with Crippen molar-refractivity contribution in [3.8, 4) is 0 Å². The van der Waals surface area contributed by atoms with Gasteiger partial charge in [-0.15, -0.1) is 12.6 Å². The molecule has 0 radical (unpaired) electrons. The van der Waals surface area contributed by atoms with Gasteiger partial charge in [-0.2, -0.15) is 0 Å². The molecule has 0 aromatic heterocycles. The van der Waals surface area contributed by atoms with Crippen molar-refractivity contribution in [2.75, 3.05) is 46.3 Å². The first kappa shape index (κ1) is 26.8. The van der Waals surface area contributed by atoms with Gasteiger partial charge in [-0.3, -0.25) is 15.0 Å². The lowest BCUT2D eigenvalue weighted by Gasteiger charge is -2.43. The summed E-state index contributed by atoms with van der Waals surface area (Å²) in [6, 6.07) is 15.9. The fourth-order valence-corrected chi connectivity index (χ4v) is 6.01. The molecule has 2 atom stereocenters. The van der Waals surface area contributed by atoms with E-state index < -0.39 is 0 Å². The van der Waals surface area contributed by atoms with Crippen molar-refractivity contribution in [2.45, 2.75) is 43.1 Å². The van der Waals surface area contributed by atoms with Crippen LogP contribution in [0.25, 0.3) is 0 Å². The van der Waals surface area contributed by atoms with Crippen molar-refractivity contribution >= 4 is 41.7 Å². The van der Waals surface area contributed by atoms with E-state index in [4.69, 9.17) is 35.8 Å². The Bertz CT molecular complexity index is 971. The largest absolute Gasteiger partial charge is 0.341 e. The number of likely N-dealkylation sites (N-methyl/N-ethyl adjacent to an activating group) is 1. The van der Waals surface area contributed by atoms with E-state index >= 15 is 0 Å². The molecule has 4 rings (SSSR count). The molecular weight excluding hydrogens is 499 g/mol. The molecule has 2 heterocycles. The number of nitrogens with one attached hydrogen (secondary N) is 1. The molecule has 8 heteroatoms. The van der Waals surface area contributed by atoms with Crippen LogP contribution in [0.15, 0.2) is 48.5 Å². The van der Waals surface area contributed by atoms with Crippen LogP contribution in [0, 0.1) is 0 Å². The molecule has 2 aromatic carbocycles. The minimum Gasteiger partial charge on any atom is -0.341 e. The highest BCUT2D eigenvalue weighted by molar-refractivity contribution is 7.80. The van der Waals surface area contributed by atoms with Crippen LogP contribution in [0.2, 0.25) is 10.0 Å². The van der Waals surface area contributed by atoms with E-state index in [0.717, 1.165) is 44.7 Å². The van der Waals surface area contributed by atoms with Crippen LogP contribution in [0.3, 0.4) is 0 Å². The van der Waals surface area contributed by atoms with E-state index in [9.17, 15) is 4.79 Å². The van der Waals surface area contributed by atoms with Crippen LogP contribution in [-0.4, -0.2) is 78.5 Å². The highest BCUT2D eigenvalue weighted by Crippen LogP contribution is 2.30. The van der Waals surface area contributed by atoms with Gasteiger partial charge in [0.15, 0.2) is 0 Å². The molecule has 35 heavy (non-hydrogen) atoms. The Kier molecular flexibility index (Phi) is 9.79. The van der Waals surface area contributed by atoms with Gasteiger partial charge < -0.3 is 9.80 Å². The smallest absolute Gasteiger partial charge is 0.253 e. The van der Waals surface area contributed by atoms with Gasteiger partial charge in [-0.05, 0) is 81.7 Å². The Morgan fingerprint density at radius 1 is 1.11 bits per heavy atom. The van der Waals surface area contributed by atoms with Crippen LogP contribution in [0.1, 0.15) is 47.5 Å². The third kappa shape index (κ3) is 7.15. The van der Waals surface area contributed by atoms with Crippen molar-refractivity contribution in [1.82, 2.24) is 20.0 Å². The summed E-state index contributed by atoms with van der Waals surface area (Å²) < 4.78 is 0. The molecule has 1 N–H and O–H groups in total. The lowest BCUT2D eigenvalue weighted by Crippen LogP contribution is -2.55. The van der Waals surface area contributed by atoms with Gasteiger partial charge in [0, 0.05) is 37.7 Å². The van der Waals surface area contributed by atoms with Crippen molar-refractivity contribution in [3.63, 3.8) is 0 Å². The minimum atomic E-state index is 0.0351. The Morgan fingerprint density at radius 2 is 1.86 bits per heavy atom. The number of piperidine rings is 1. The number of amides is 1. The topological polar surface area (TPSA) is 38.8 Å². The molecule has 0 saturated carbocycles. The number of rotatable bonds is 8. The standard InChI is InChI=1S/C27H36Cl2N4OS/c1-31(26(34)20-6-3-2-4-7-20)19-22(21-8-9-24(28)25(29)18-21)10-15-32-16-11-23(12-17-32)33-14-5-13-30-27(33)35/h2-4,6-9,18,22-23,27,30,35H,5,10-17,19H2,1H3. The first-order valence-corrected chi connectivity index (χ1v) is 13.8. The molecule has 190 valence electrons. The number of likely N-dealkylation sites (tertiary alicyclic amines) is 1. The van der Waals surface area contributed by atoms with E-state index in [1.54, 1.807) is 0 Å². The number of nitrogens with zero attached hydrogens (tertiary/aromatic N) is 3. The van der Waals surface area contributed by atoms with Crippen LogP contribution >= 0.6 is 35.8 Å². The van der Waals surface area contributed by atoms with Crippen molar-refractivity contribution < 1.29 is 4.79 Å². The highest BCUT2D eigenvalue weighted by atomic mass is 35.5. The molecule has 2 aromatic rings. The molecule has 0 aliphatic carbocycles. The third-order valence-corrected chi connectivity index (χ3v) is 8.55. The van der Waals surface area contributed by atoms with Crippen LogP contribution in [0.5, 0.6) is 0 Å². The van der Waals surface area contributed by atoms with Crippen molar-refractivity contribution in [2.24, 2.45) is 0 Å². The van der Waals surface area contributed by atoms with E-state index in [-0.39, 0.29) is 17.3 Å². The summed E-state index contributed by atoms with van der Waals surface area (Å²) in [4.78, 5) is 19.9. The number of carbonyl (C=O) groups is 1. The first-order chi connectivity index (χ1) is 16.9. The third-order valence-electron chi connectivity index (χ3n) is 7.33. The van der Waals surface area contributed by atoms with Gasteiger partial charge in [-0.1, -0.05) is 47.5 Å². The molecular formula is C27H36Cl2N4OS. The Balaban J connectivity index is 1.37. The maximum absolute atomic E-state index is 13.0. The zero-order chi connectivity index (χ0) is 24.8. The molecule has 1 amide bonds. The summed E-state index contributed by atoms with van der Waals surface area (Å²) in [7, 11) is 1.88. The van der Waals surface area contributed by atoms with Crippen molar-refractivity contribution in [1.29, 1.82) is 0 Å². The monoisotopic (exact) mass is 534 g/mol. The lowest BCUT2D eigenvalue weighted by molar-refractivity contribution is 0.0721. The maximum atomic E-state index is 13.0. The zero-order valence-electron chi connectivity index (χ0n) is 20.4. The predicted molar refractivity (Wildman–Crippen MR) is 149 cm³/mol. The number of carbonyl (C=O) groups excluding carboxylic acids is 1. The molecule has 2 saturated heterocycles. The van der Waals surface area contributed by atoms with Gasteiger partial charge in [0.05, 0.1) is 10.0 Å². The van der Waals surface area contributed by atoms with E-state index in [1.807, 2.05) is 60.5 Å². The molecule has 2 aliphatic heterocycles. The molecule has 2 unspecified atom stereocenters. The van der Waals surface area contributed by atoms with Crippen molar-refractivity contribution in [3.05, 3.63) is 69.7 Å². The maximum Gasteiger partial charge on any atom is 0.253 e. The first-order valence-electron chi connectivity index (χ1n) is 12.6. The molecule has 2 aliphatic rings. The second-order valence-electron chi connectivity index (χ2n) is 9.70. The van der Waals surface area contributed by atoms with Crippen LogP contribution in [-0.2, 0) is 0 Å². The summed E-state index contributed by atoms with van der Waals surface area (Å²) in [5, 5.41) is 4.58. The lowest BCUT2D eigenvalue weighted by atomic mass is 9.93. The van der Waals surface area contributed by atoms with Gasteiger partial charge >= 0.3 is 0 Å². The predicted octanol–water partition coefficient (Wildman–Crippen LogP) is 5.21. The highest BCUT2D eigenvalue weighted by Gasteiger charge is 2.30. The van der Waals surface area contributed by atoms with E-state index in [0.29, 0.717) is 28.2 Å². The van der Waals surface area contributed by atoms with Crippen LogP contribution < -0.4 is 5.32 Å². The number of hydrogen-bond donors (Lipinski definition) is 2. The molecule has 0 spiro atoms. The van der Waals surface area contributed by atoms with E-state index in [1.165, 1.54) is 19.3 Å². The van der Waals surface area contributed by atoms with E-state index in [2.05, 4.69) is 15.1 Å². The average molecular weight is 536 g/mol. The quantitative estimate of drug-likeness (QED) is 0.456. The Morgan fingerprint density at radius 3 is 2.54 bits per heavy atom. The summed E-state index contributed by atoms with van der Waals surface area (Å²) in [6.07, 6.45) is 4.48. The second-order valence-corrected chi connectivity index (χ2v) is 11.0. The normalized spacial score (nSPS) is 21.1. The van der Waals surface area contributed by atoms with Crippen LogP contribution in [0.4, 0.5) is 0 Å². The SMILES string of the molecule is CN(CC(CCN1CCC(N2CCCNC2S)CC1)c1ccc(Cl)c(Cl)c1)C(=O)c1ccccc1. The second kappa shape index (κ2) is 12.8. The van der Waals surface area contributed by atoms with Gasteiger partial charge in [0.25, 0.3) is 5.91 Å².